The van der Waals surface area contributed by atoms with Crippen molar-refractivity contribution >= 4 is 29.7 Å². The molecule has 0 spiro atoms. The van der Waals surface area contributed by atoms with Crippen LogP contribution in [0.2, 0.25) is 0 Å². The normalized spacial score (nSPS) is 26.9. The predicted molar refractivity (Wildman–Crippen MR) is 99.3 cm³/mol. The van der Waals surface area contributed by atoms with Crippen LogP contribution in [0.5, 0.6) is 0 Å². The summed E-state index contributed by atoms with van der Waals surface area (Å²) < 4.78 is 0. The molecular formula is C17H28ClN3O2S. The van der Waals surface area contributed by atoms with Crippen molar-refractivity contribution in [3.8, 4) is 0 Å². The van der Waals surface area contributed by atoms with E-state index in [1.165, 1.54) is 11.3 Å². The van der Waals surface area contributed by atoms with Crippen molar-refractivity contribution in [2.45, 2.75) is 52.0 Å². The Kier molecular flexibility index (Phi) is 6.29. The van der Waals surface area contributed by atoms with Gasteiger partial charge in [0.25, 0.3) is 5.91 Å². The molecule has 0 bridgehead atoms. The Morgan fingerprint density at radius 2 is 2.25 bits per heavy atom. The molecule has 136 valence electrons. The molecule has 5 nitrogen and oxygen atoms in total. The number of aliphatic hydroxyl groups is 1. The zero-order valence-electron chi connectivity index (χ0n) is 14.7. The van der Waals surface area contributed by atoms with Crippen LogP contribution in [0.4, 0.5) is 0 Å². The van der Waals surface area contributed by atoms with Gasteiger partial charge in [0.05, 0.1) is 17.3 Å². The van der Waals surface area contributed by atoms with E-state index < -0.39 is 0 Å². The topological polar surface area (TPSA) is 65.5 Å². The summed E-state index contributed by atoms with van der Waals surface area (Å²) in [6.07, 6.45) is 3.04. The van der Waals surface area contributed by atoms with Crippen LogP contribution < -0.4 is 5.32 Å². The van der Waals surface area contributed by atoms with Crippen LogP contribution in [0.15, 0.2) is 0 Å². The summed E-state index contributed by atoms with van der Waals surface area (Å²) in [7, 11) is 0. The molecule has 7 heteroatoms. The summed E-state index contributed by atoms with van der Waals surface area (Å²) in [6, 6.07) is 0.205. The smallest absolute Gasteiger partial charge is 0.265 e. The maximum absolute atomic E-state index is 12.9. The largest absolute Gasteiger partial charge is 0.396 e. The van der Waals surface area contributed by atoms with Crippen molar-refractivity contribution in [1.82, 2.24) is 15.2 Å². The average molecular weight is 374 g/mol. The molecule has 2 atom stereocenters. The van der Waals surface area contributed by atoms with Crippen LogP contribution in [-0.2, 0) is 0 Å². The van der Waals surface area contributed by atoms with E-state index in [1.807, 2.05) is 11.8 Å². The SMILES string of the molecule is Cc1nc(C(C)C)sc1C(=O)N1CC[C@@]2(CO)CCCN[C@@H]2C1.Cl. The van der Waals surface area contributed by atoms with Gasteiger partial charge in [0, 0.05) is 30.5 Å². The molecule has 2 fully saturated rings. The van der Waals surface area contributed by atoms with Gasteiger partial charge < -0.3 is 15.3 Å². The Balaban J connectivity index is 0.00000208. The van der Waals surface area contributed by atoms with Crippen molar-refractivity contribution in [3.63, 3.8) is 0 Å². The quantitative estimate of drug-likeness (QED) is 0.854. The minimum Gasteiger partial charge on any atom is -0.396 e. The van der Waals surface area contributed by atoms with Crippen LogP contribution in [0.3, 0.4) is 0 Å². The van der Waals surface area contributed by atoms with Gasteiger partial charge in [-0.3, -0.25) is 4.79 Å². The molecule has 1 aromatic rings. The number of aryl methyl sites for hydroxylation is 1. The minimum absolute atomic E-state index is 0. The summed E-state index contributed by atoms with van der Waals surface area (Å²) in [5, 5.41) is 14.4. The monoisotopic (exact) mass is 373 g/mol. The van der Waals surface area contributed by atoms with E-state index in [4.69, 9.17) is 0 Å². The molecule has 3 heterocycles. The number of nitrogens with zero attached hydrogens (tertiary/aromatic N) is 2. The van der Waals surface area contributed by atoms with Crippen molar-refractivity contribution in [3.05, 3.63) is 15.6 Å². The third-order valence-electron chi connectivity index (χ3n) is 5.37. The maximum atomic E-state index is 12.9. The molecule has 0 unspecified atom stereocenters. The Bertz CT molecular complexity index is 592. The van der Waals surface area contributed by atoms with E-state index in [1.54, 1.807) is 0 Å². The molecular weight excluding hydrogens is 346 g/mol. The van der Waals surface area contributed by atoms with Gasteiger partial charge in [-0.05, 0) is 32.7 Å². The molecule has 1 aromatic heterocycles. The first-order valence-corrected chi connectivity index (χ1v) is 9.39. The van der Waals surface area contributed by atoms with Crippen LogP contribution in [0, 0.1) is 12.3 Å². The van der Waals surface area contributed by atoms with Crippen molar-refractivity contribution in [1.29, 1.82) is 0 Å². The second-order valence-corrected chi connectivity index (χ2v) is 8.28. The fourth-order valence-corrected chi connectivity index (χ4v) is 4.83. The highest BCUT2D eigenvalue weighted by atomic mass is 35.5. The fraction of sp³-hybridized carbons (Fsp3) is 0.765. The number of aromatic nitrogens is 1. The molecule has 1 amide bonds. The zero-order valence-corrected chi connectivity index (χ0v) is 16.3. The summed E-state index contributed by atoms with van der Waals surface area (Å²) in [4.78, 5) is 20.2. The number of thiazole rings is 1. The number of halogens is 1. The molecule has 0 aromatic carbocycles. The van der Waals surface area contributed by atoms with E-state index in [0.29, 0.717) is 12.5 Å². The van der Waals surface area contributed by atoms with Crippen molar-refractivity contribution in [2.75, 3.05) is 26.2 Å². The number of amides is 1. The number of fused-ring (bicyclic) bond motifs is 1. The number of likely N-dealkylation sites (tertiary alicyclic amines) is 1. The number of carbonyl (C=O) groups excluding carboxylic acids is 1. The Hall–Kier alpha value is -0.690. The molecule has 0 aliphatic carbocycles. The lowest BCUT2D eigenvalue weighted by Crippen LogP contribution is -2.62. The summed E-state index contributed by atoms with van der Waals surface area (Å²) in [5.41, 5.74) is 0.806. The number of piperidine rings is 2. The van der Waals surface area contributed by atoms with Crippen LogP contribution in [0.1, 0.15) is 59.4 Å². The van der Waals surface area contributed by atoms with E-state index in [-0.39, 0.29) is 36.4 Å². The van der Waals surface area contributed by atoms with E-state index in [0.717, 1.165) is 47.9 Å². The zero-order chi connectivity index (χ0) is 16.6. The van der Waals surface area contributed by atoms with Gasteiger partial charge in [0.15, 0.2) is 0 Å². The number of aliphatic hydroxyl groups excluding tert-OH is 1. The van der Waals surface area contributed by atoms with Crippen LogP contribution in [0.25, 0.3) is 0 Å². The van der Waals surface area contributed by atoms with Gasteiger partial charge in [-0.25, -0.2) is 4.98 Å². The molecule has 3 rings (SSSR count). The van der Waals surface area contributed by atoms with Gasteiger partial charge in [-0.2, -0.15) is 0 Å². The highest BCUT2D eigenvalue weighted by molar-refractivity contribution is 7.13. The lowest BCUT2D eigenvalue weighted by atomic mass is 9.70. The summed E-state index contributed by atoms with van der Waals surface area (Å²) in [5.74, 6) is 0.453. The van der Waals surface area contributed by atoms with E-state index in [2.05, 4.69) is 24.1 Å². The Labute approximate surface area is 154 Å². The second kappa shape index (κ2) is 7.68. The highest BCUT2D eigenvalue weighted by Crippen LogP contribution is 2.39. The molecule has 24 heavy (non-hydrogen) atoms. The van der Waals surface area contributed by atoms with Crippen molar-refractivity contribution in [2.24, 2.45) is 5.41 Å². The third kappa shape index (κ3) is 3.47. The Morgan fingerprint density at radius 1 is 1.50 bits per heavy atom. The molecule has 0 saturated carbocycles. The van der Waals surface area contributed by atoms with Crippen molar-refractivity contribution < 1.29 is 9.90 Å². The first-order valence-electron chi connectivity index (χ1n) is 8.58. The standard InChI is InChI=1S/C17H27N3O2S.ClH/c1-11(2)15-19-12(3)14(23-15)16(22)20-8-6-17(10-21)5-4-7-18-13(17)9-20;/h11,13,18,21H,4-10H2,1-3H3;1H/t13-,17-;/m1./s1. The van der Waals surface area contributed by atoms with Gasteiger partial charge in [0.1, 0.15) is 4.88 Å². The van der Waals surface area contributed by atoms with E-state index in [9.17, 15) is 9.90 Å². The van der Waals surface area contributed by atoms with Crippen LogP contribution in [-0.4, -0.2) is 53.2 Å². The molecule has 2 saturated heterocycles. The van der Waals surface area contributed by atoms with Gasteiger partial charge in [-0.1, -0.05) is 13.8 Å². The first-order chi connectivity index (χ1) is 11.0. The summed E-state index contributed by atoms with van der Waals surface area (Å²) in [6.45, 7) is 8.75. The Morgan fingerprint density at radius 3 is 2.88 bits per heavy atom. The molecule has 2 aliphatic heterocycles. The molecule has 2 aliphatic rings. The van der Waals surface area contributed by atoms with Gasteiger partial charge in [0.2, 0.25) is 0 Å². The van der Waals surface area contributed by atoms with Gasteiger partial charge in [-0.15, -0.1) is 23.7 Å². The number of hydrogen-bond acceptors (Lipinski definition) is 5. The fourth-order valence-electron chi connectivity index (χ4n) is 3.79. The molecule has 0 radical (unpaired) electrons. The van der Waals surface area contributed by atoms with E-state index >= 15 is 0 Å². The number of rotatable bonds is 3. The first kappa shape index (κ1) is 19.6. The average Bonchev–Trinajstić information content (AvgIpc) is 2.95. The predicted octanol–water partition coefficient (Wildman–Crippen LogP) is 2.57. The van der Waals surface area contributed by atoms with Gasteiger partial charge >= 0.3 is 0 Å². The second-order valence-electron chi connectivity index (χ2n) is 7.25. The number of carbonyl (C=O) groups is 1. The lowest BCUT2D eigenvalue weighted by molar-refractivity contribution is -0.00870. The highest BCUT2D eigenvalue weighted by Gasteiger charge is 2.45. The molecule has 2 N–H and O–H groups in total. The lowest BCUT2D eigenvalue weighted by Gasteiger charge is -2.50. The maximum Gasteiger partial charge on any atom is 0.265 e. The van der Waals surface area contributed by atoms with Crippen LogP contribution >= 0.6 is 23.7 Å². The number of nitrogens with one attached hydrogen (secondary N) is 1. The third-order valence-corrected chi connectivity index (χ3v) is 6.81. The minimum atomic E-state index is -0.0408. The number of hydrogen-bond donors (Lipinski definition) is 2. The summed E-state index contributed by atoms with van der Waals surface area (Å²) >= 11 is 1.53.